The molecule has 0 aromatic heterocycles. The van der Waals surface area contributed by atoms with E-state index >= 15 is 0 Å². The van der Waals surface area contributed by atoms with E-state index in [0.29, 0.717) is 5.56 Å². The molecular formula is C15H16FNO2. The smallest absolute Gasteiger partial charge is 0.328 e. The van der Waals surface area contributed by atoms with E-state index in [1.54, 1.807) is 6.07 Å². The Morgan fingerprint density at radius 2 is 2.26 bits per heavy atom. The van der Waals surface area contributed by atoms with Gasteiger partial charge in [0.25, 0.3) is 0 Å². The molecule has 0 bridgehead atoms. The van der Waals surface area contributed by atoms with Gasteiger partial charge in [0.05, 0.1) is 0 Å². The van der Waals surface area contributed by atoms with Crippen molar-refractivity contribution in [3.8, 4) is 0 Å². The van der Waals surface area contributed by atoms with Gasteiger partial charge < -0.3 is 10.0 Å². The summed E-state index contributed by atoms with van der Waals surface area (Å²) in [4.78, 5) is 12.7. The molecule has 0 fully saturated rings. The van der Waals surface area contributed by atoms with E-state index in [1.165, 1.54) is 23.8 Å². The first-order chi connectivity index (χ1) is 9.06. The van der Waals surface area contributed by atoms with Gasteiger partial charge in [-0.25, -0.2) is 9.18 Å². The van der Waals surface area contributed by atoms with Crippen molar-refractivity contribution in [3.05, 3.63) is 47.3 Å². The number of hydrogen-bond donors (Lipinski definition) is 1. The fraction of sp³-hybridized carbons (Fsp3) is 0.267. The van der Waals surface area contributed by atoms with Crippen molar-refractivity contribution in [2.75, 3.05) is 18.0 Å². The number of carbonyl (C=O) groups is 1. The first-order valence-electron chi connectivity index (χ1n) is 6.17. The minimum absolute atomic E-state index is 0.363. The van der Waals surface area contributed by atoms with Gasteiger partial charge in [-0.05, 0) is 37.6 Å². The Kier molecular flexibility index (Phi) is 4.00. The largest absolute Gasteiger partial charge is 0.478 e. The van der Waals surface area contributed by atoms with Gasteiger partial charge in [-0.3, -0.25) is 0 Å². The number of nitrogens with zero attached hydrogens (tertiary/aromatic N) is 1. The van der Waals surface area contributed by atoms with Gasteiger partial charge in [0.2, 0.25) is 0 Å². The van der Waals surface area contributed by atoms with Gasteiger partial charge in [-0.1, -0.05) is 11.6 Å². The lowest BCUT2D eigenvalue weighted by Gasteiger charge is -2.29. The summed E-state index contributed by atoms with van der Waals surface area (Å²) in [5, 5.41) is 8.68. The second kappa shape index (κ2) is 5.69. The van der Waals surface area contributed by atoms with Crippen molar-refractivity contribution in [2.24, 2.45) is 0 Å². The normalized spacial score (nSPS) is 15.7. The fourth-order valence-corrected chi connectivity index (χ4v) is 2.10. The van der Waals surface area contributed by atoms with Crippen LogP contribution in [0.2, 0.25) is 0 Å². The molecule has 0 amide bonds. The molecule has 1 aliphatic rings. The van der Waals surface area contributed by atoms with Crippen LogP contribution in [0, 0.1) is 5.82 Å². The Labute approximate surface area is 111 Å². The molecule has 0 spiro atoms. The van der Waals surface area contributed by atoms with Crippen LogP contribution in [0.5, 0.6) is 0 Å². The van der Waals surface area contributed by atoms with Crippen molar-refractivity contribution in [1.29, 1.82) is 0 Å². The van der Waals surface area contributed by atoms with E-state index in [4.69, 9.17) is 5.11 Å². The number of benzene rings is 1. The molecule has 3 nitrogen and oxygen atoms in total. The van der Waals surface area contributed by atoms with Crippen molar-refractivity contribution >= 4 is 17.7 Å². The second-order valence-corrected chi connectivity index (χ2v) is 4.62. The summed E-state index contributed by atoms with van der Waals surface area (Å²) in [6, 6.07) is 4.46. The molecular weight excluding hydrogens is 245 g/mol. The molecule has 0 aliphatic carbocycles. The third kappa shape index (κ3) is 3.44. The second-order valence-electron chi connectivity index (χ2n) is 4.62. The average molecular weight is 261 g/mol. The van der Waals surface area contributed by atoms with Crippen molar-refractivity contribution in [2.45, 2.75) is 13.3 Å². The van der Waals surface area contributed by atoms with E-state index in [2.05, 4.69) is 17.9 Å². The predicted octanol–water partition coefficient (Wildman–Crippen LogP) is 3.08. The molecule has 2 rings (SSSR count). The lowest BCUT2D eigenvalue weighted by molar-refractivity contribution is -0.131. The highest BCUT2D eigenvalue weighted by Gasteiger charge is 2.13. The number of aliphatic carboxylic acids is 1. The molecule has 100 valence electrons. The van der Waals surface area contributed by atoms with Gasteiger partial charge >= 0.3 is 5.97 Å². The lowest BCUT2D eigenvalue weighted by Crippen LogP contribution is -2.28. The third-order valence-corrected chi connectivity index (χ3v) is 3.17. The number of halogens is 1. The summed E-state index contributed by atoms with van der Waals surface area (Å²) in [6.45, 7) is 3.72. The van der Waals surface area contributed by atoms with E-state index in [1.807, 2.05) is 0 Å². The van der Waals surface area contributed by atoms with Gasteiger partial charge in [0.15, 0.2) is 0 Å². The summed E-state index contributed by atoms with van der Waals surface area (Å²) in [5.41, 5.74) is 2.80. The zero-order valence-electron chi connectivity index (χ0n) is 10.8. The molecule has 0 saturated heterocycles. The SMILES string of the molecule is CC1=CCN(c2ccc(F)cc2/C=C/C(=O)O)CC1. The van der Waals surface area contributed by atoms with Gasteiger partial charge in [-0.15, -0.1) is 0 Å². The average Bonchev–Trinajstić information content (AvgIpc) is 2.38. The summed E-state index contributed by atoms with van der Waals surface area (Å²) in [6.07, 6.45) is 5.58. The summed E-state index contributed by atoms with van der Waals surface area (Å²) in [5.74, 6) is -1.40. The molecule has 0 atom stereocenters. The Bertz CT molecular complexity index is 549. The lowest BCUT2D eigenvalue weighted by atomic mass is 10.1. The van der Waals surface area contributed by atoms with Gasteiger partial charge in [0, 0.05) is 30.4 Å². The monoisotopic (exact) mass is 261 g/mol. The van der Waals surface area contributed by atoms with Crippen LogP contribution in [0.25, 0.3) is 6.08 Å². The Morgan fingerprint density at radius 3 is 2.89 bits per heavy atom. The summed E-state index contributed by atoms with van der Waals surface area (Å²) < 4.78 is 13.3. The summed E-state index contributed by atoms with van der Waals surface area (Å²) >= 11 is 0. The topological polar surface area (TPSA) is 40.5 Å². The highest BCUT2D eigenvalue weighted by atomic mass is 19.1. The fourth-order valence-electron chi connectivity index (χ4n) is 2.10. The maximum absolute atomic E-state index is 13.3. The molecule has 1 aromatic carbocycles. The highest BCUT2D eigenvalue weighted by Crippen LogP contribution is 2.25. The molecule has 1 heterocycles. The quantitative estimate of drug-likeness (QED) is 0.671. The number of anilines is 1. The standard InChI is InChI=1S/C15H16FNO2/c1-11-6-8-17(9-7-11)14-4-3-13(16)10-12(14)2-5-15(18)19/h2-6,10H,7-9H2,1H3,(H,18,19)/b5-2+. The van der Waals surface area contributed by atoms with Crippen LogP contribution in [-0.2, 0) is 4.79 Å². The Balaban J connectivity index is 2.31. The predicted molar refractivity (Wildman–Crippen MR) is 73.7 cm³/mol. The minimum Gasteiger partial charge on any atom is -0.478 e. The number of carboxylic acid groups (broad SMARTS) is 1. The van der Waals surface area contributed by atoms with E-state index in [0.717, 1.165) is 31.3 Å². The molecule has 0 saturated carbocycles. The van der Waals surface area contributed by atoms with E-state index in [-0.39, 0.29) is 5.82 Å². The third-order valence-electron chi connectivity index (χ3n) is 3.17. The van der Waals surface area contributed by atoms with Crippen LogP contribution < -0.4 is 4.90 Å². The first-order valence-corrected chi connectivity index (χ1v) is 6.17. The van der Waals surface area contributed by atoms with Crippen molar-refractivity contribution in [1.82, 2.24) is 0 Å². The van der Waals surface area contributed by atoms with Crippen LogP contribution in [0.4, 0.5) is 10.1 Å². The zero-order valence-corrected chi connectivity index (χ0v) is 10.8. The van der Waals surface area contributed by atoms with Gasteiger partial charge in [-0.2, -0.15) is 0 Å². The van der Waals surface area contributed by atoms with Crippen molar-refractivity contribution < 1.29 is 14.3 Å². The van der Waals surface area contributed by atoms with Gasteiger partial charge in [0.1, 0.15) is 5.82 Å². The zero-order chi connectivity index (χ0) is 13.8. The van der Waals surface area contributed by atoms with E-state index in [9.17, 15) is 9.18 Å². The van der Waals surface area contributed by atoms with E-state index < -0.39 is 5.97 Å². The number of carboxylic acids is 1. The van der Waals surface area contributed by atoms with Crippen LogP contribution in [0.1, 0.15) is 18.9 Å². The van der Waals surface area contributed by atoms with Crippen molar-refractivity contribution in [3.63, 3.8) is 0 Å². The number of hydrogen-bond acceptors (Lipinski definition) is 2. The Hall–Kier alpha value is -2.10. The molecule has 19 heavy (non-hydrogen) atoms. The Morgan fingerprint density at radius 1 is 1.47 bits per heavy atom. The summed E-state index contributed by atoms with van der Waals surface area (Å²) in [7, 11) is 0. The molecule has 1 aliphatic heterocycles. The number of rotatable bonds is 3. The minimum atomic E-state index is -1.04. The first kappa shape index (κ1) is 13.3. The van der Waals surface area contributed by atoms with Crippen LogP contribution in [0.15, 0.2) is 35.9 Å². The molecule has 0 radical (unpaired) electrons. The molecule has 0 unspecified atom stereocenters. The molecule has 4 heteroatoms. The maximum atomic E-state index is 13.3. The van der Waals surface area contributed by atoms with Crippen LogP contribution in [0.3, 0.4) is 0 Å². The highest BCUT2D eigenvalue weighted by molar-refractivity contribution is 5.87. The maximum Gasteiger partial charge on any atom is 0.328 e. The molecule has 1 N–H and O–H groups in total. The van der Waals surface area contributed by atoms with Crippen LogP contribution >= 0.6 is 0 Å². The van der Waals surface area contributed by atoms with Crippen LogP contribution in [-0.4, -0.2) is 24.2 Å². The molecule has 1 aromatic rings.